The third kappa shape index (κ3) is 1.85. The number of nitrogen functional groups attached to an aromatic ring is 1. The van der Waals surface area contributed by atoms with Gasteiger partial charge in [-0.2, -0.15) is 0 Å². The average molecular weight is 190 g/mol. The molecule has 0 amide bonds. The van der Waals surface area contributed by atoms with Crippen LogP contribution in [-0.4, -0.2) is 4.98 Å². The lowest BCUT2D eigenvalue weighted by molar-refractivity contribution is 0.262. The Labute approximate surface area is 81.3 Å². The molecule has 72 valence electrons. The van der Waals surface area contributed by atoms with E-state index < -0.39 is 0 Å². The zero-order chi connectivity index (χ0) is 9.80. The predicted molar refractivity (Wildman–Crippen MR) is 51.7 cm³/mol. The van der Waals surface area contributed by atoms with Crippen molar-refractivity contribution in [3.05, 3.63) is 42.5 Å². The van der Waals surface area contributed by atoms with Gasteiger partial charge >= 0.3 is 0 Å². The van der Waals surface area contributed by atoms with Gasteiger partial charge in [0.15, 0.2) is 0 Å². The zero-order valence-electron chi connectivity index (χ0n) is 7.51. The molecule has 4 heteroatoms. The van der Waals surface area contributed by atoms with Gasteiger partial charge in [-0.3, -0.25) is 0 Å². The minimum absolute atomic E-state index is 0.341. The molecule has 0 aromatic carbocycles. The van der Waals surface area contributed by atoms with Crippen LogP contribution in [0.15, 0.2) is 41.1 Å². The van der Waals surface area contributed by atoms with E-state index in [-0.39, 0.29) is 0 Å². The summed E-state index contributed by atoms with van der Waals surface area (Å²) in [5.41, 5.74) is 6.17. The Kier molecular flexibility index (Phi) is 2.36. The molecule has 0 radical (unpaired) electrons. The number of ether oxygens (including phenoxy) is 1. The maximum absolute atomic E-state index is 5.64. The molecule has 2 heterocycles. The summed E-state index contributed by atoms with van der Waals surface area (Å²) in [6.45, 7) is 0.341. The summed E-state index contributed by atoms with van der Waals surface area (Å²) in [7, 11) is 0. The summed E-state index contributed by atoms with van der Waals surface area (Å²) >= 11 is 0. The number of nitrogens with two attached hydrogens (primary N) is 1. The highest BCUT2D eigenvalue weighted by atomic mass is 16.5. The smallest absolute Gasteiger partial charge is 0.237 e. The van der Waals surface area contributed by atoms with Crippen molar-refractivity contribution in [3.8, 4) is 5.88 Å². The van der Waals surface area contributed by atoms with Gasteiger partial charge in [0.05, 0.1) is 12.0 Å². The quantitative estimate of drug-likeness (QED) is 0.802. The Balaban J connectivity index is 2.02. The molecule has 0 aliphatic rings. The Morgan fingerprint density at radius 3 is 3.00 bits per heavy atom. The van der Waals surface area contributed by atoms with Gasteiger partial charge in [-0.1, -0.05) is 0 Å². The lowest BCUT2D eigenvalue weighted by Crippen LogP contribution is -1.99. The third-order valence-corrected chi connectivity index (χ3v) is 1.73. The van der Waals surface area contributed by atoms with E-state index in [1.165, 1.54) is 0 Å². The Morgan fingerprint density at radius 2 is 2.29 bits per heavy atom. The maximum atomic E-state index is 5.64. The monoisotopic (exact) mass is 190 g/mol. The molecule has 0 saturated carbocycles. The number of rotatable bonds is 3. The van der Waals surface area contributed by atoms with Gasteiger partial charge in [0.2, 0.25) is 5.88 Å². The molecule has 14 heavy (non-hydrogen) atoms. The van der Waals surface area contributed by atoms with Crippen molar-refractivity contribution in [1.82, 2.24) is 4.98 Å². The number of nitrogens with zero attached hydrogens (tertiary/aromatic N) is 1. The van der Waals surface area contributed by atoms with Gasteiger partial charge in [0.1, 0.15) is 12.4 Å². The first kappa shape index (κ1) is 8.62. The first-order chi connectivity index (χ1) is 6.86. The first-order valence-electron chi connectivity index (χ1n) is 4.22. The van der Waals surface area contributed by atoms with Crippen molar-refractivity contribution >= 4 is 5.69 Å². The fourth-order valence-corrected chi connectivity index (χ4v) is 1.06. The largest absolute Gasteiger partial charge is 0.468 e. The molecule has 0 saturated heterocycles. The van der Waals surface area contributed by atoms with Crippen LogP contribution in [0.2, 0.25) is 0 Å². The molecule has 4 nitrogen and oxygen atoms in total. The average Bonchev–Trinajstić information content (AvgIpc) is 2.69. The van der Waals surface area contributed by atoms with E-state index in [1.54, 1.807) is 30.7 Å². The van der Waals surface area contributed by atoms with Crippen LogP contribution in [0, 0.1) is 0 Å². The molecule has 2 rings (SSSR count). The van der Waals surface area contributed by atoms with Crippen LogP contribution in [0.1, 0.15) is 5.76 Å². The van der Waals surface area contributed by atoms with E-state index in [2.05, 4.69) is 4.98 Å². The fourth-order valence-electron chi connectivity index (χ4n) is 1.06. The van der Waals surface area contributed by atoms with E-state index in [9.17, 15) is 0 Å². The van der Waals surface area contributed by atoms with Gasteiger partial charge in [0.25, 0.3) is 0 Å². The van der Waals surface area contributed by atoms with Crippen LogP contribution < -0.4 is 10.5 Å². The predicted octanol–water partition coefficient (Wildman–Crippen LogP) is 1.84. The van der Waals surface area contributed by atoms with Crippen LogP contribution in [0.25, 0.3) is 0 Å². The van der Waals surface area contributed by atoms with Crippen LogP contribution in [0.4, 0.5) is 5.69 Å². The Morgan fingerprint density at radius 1 is 1.36 bits per heavy atom. The number of aromatic nitrogens is 1. The van der Waals surface area contributed by atoms with Crippen molar-refractivity contribution < 1.29 is 9.15 Å². The topological polar surface area (TPSA) is 61.3 Å². The highest BCUT2D eigenvalue weighted by Gasteiger charge is 2.01. The molecular weight excluding hydrogens is 180 g/mol. The van der Waals surface area contributed by atoms with E-state index in [0.29, 0.717) is 18.2 Å². The first-order valence-corrected chi connectivity index (χ1v) is 4.22. The summed E-state index contributed by atoms with van der Waals surface area (Å²) in [5.74, 6) is 1.18. The van der Waals surface area contributed by atoms with Gasteiger partial charge < -0.3 is 14.9 Å². The minimum Gasteiger partial charge on any atom is -0.468 e. The summed E-state index contributed by atoms with van der Waals surface area (Å²) < 4.78 is 10.5. The summed E-state index contributed by atoms with van der Waals surface area (Å²) in [5, 5.41) is 0. The molecule has 2 aromatic heterocycles. The molecule has 0 spiro atoms. The van der Waals surface area contributed by atoms with Crippen molar-refractivity contribution in [1.29, 1.82) is 0 Å². The zero-order valence-corrected chi connectivity index (χ0v) is 7.51. The van der Waals surface area contributed by atoms with Crippen LogP contribution in [0.5, 0.6) is 5.88 Å². The van der Waals surface area contributed by atoms with Crippen molar-refractivity contribution in [3.63, 3.8) is 0 Å². The van der Waals surface area contributed by atoms with E-state index in [1.807, 2.05) is 6.07 Å². The molecule has 0 bridgehead atoms. The second kappa shape index (κ2) is 3.83. The second-order valence-corrected chi connectivity index (χ2v) is 2.77. The van der Waals surface area contributed by atoms with E-state index in [4.69, 9.17) is 14.9 Å². The molecule has 0 unspecified atom stereocenters. The Bertz CT molecular complexity index is 398. The lowest BCUT2D eigenvalue weighted by Gasteiger charge is -2.04. The van der Waals surface area contributed by atoms with Gasteiger partial charge in [-0.05, 0) is 24.3 Å². The van der Waals surface area contributed by atoms with Gasteiger partial charge in [-0.25, -0.2) is 4.98 Å². The van der Waals surface area contributed by atoms with Crippen molar-refractivity contribution in [2.24, 2.45) is 0 Å². The highest BCUT2D eigenvalue weighted by Crippen LogP contribution is 2.17. The number of furan rings is 1. The molecule has 0 atom stereocenters. The summed E-state index contributed by atoms with van der Waals surface area (Å²) in [6, 6.07) is 7.14. The molecule has 0 fully saturated rings. The maximum Gasteiger partial charge on any atom is 0.237 e. The molecular formula is C10H10N2O2. The van der Waals surface area contributed by atoms with Crippen LogP contribution in [0.3, 0.4) is 0 Å². The highest BCUT2D eigenvalue weighted by molar-refractivity contribution is 5.46. The van der Waals surface area contributed by atoms with Gasteiger partial charge in [-0.15, -0.1) is 0 Å². The molecule has 0 aliphatic heterocycles. The standard InChI is InChI=1S/C10H10N2O2/c11-9-4-1-5-12-10(9)14-7-8-3-2-6-13-8/h1-6H,7,11H2. The number of hydrogen-bond donors (Lipinski definition) is 1. The molecule has 0 aliphatic carbocycles. The van der Waals surface area contributed by atoms with Crippen molar-refractivity contribution in [2.45, 2.75) is 6.61 Å². The van der Waals surface area contributed by atoms with E-state index in [0.717, 1.165) is 5.76 Å². The normalized spacial score (nSPS) is 10.0. The third-order valence-electron chi connectivity index (χ3n) is 1.73. The SMILES string of the molecule is Nc1cccnc1OCc1ccco1. The summed E-state index contributed by atoms with van der Waals surface area (Å²) in [6.07, 6.45) is 3.23. The number of anilines is 1. The lowest BCUT2D eigenvalue weighted by atomic mass is 10.4. The van der Waals surface area contributed by atoms with Crippen LogP contribution in [-0.2, 0) is 6.61 Å². The Hall–Kier alpha value is -1.97. The fraction of sp³-hybridized carbons (Fsp3) is 0.100. The molecule has 2 N–H and O–H groups in total. The number of hydrogen-bond acceptors (Lipinski definition) is 4. The van der Waals surface area contributed by atoms with Crippen molar-refractivity contribution in [2.75, 3.05) is 5.73 Å². The minimum atomic E-state index is 0.341. The van der Waals surface area contributed by atoms with Gasteiger partial charge in [0, 0.05) is 6.20 Å². The number of pyridine rings is 1. The van der Waals surface area contributed by atoms with Crippen LogP contribution >= 0.6 is 0 Å². The van der Waals surface area contributed by atoms with E-state index >= 15 is 0 Å². The molecule has 2 aromatic rings. The summed E-state index contributed by atoms with van der Waals surface area (Å²) in [4.78, 5) is 3.99. The second-order valence-electron chi connectivity index (χ2n) is 2.77.